The predicted molar refractivity (Wildman–Crippen MR) is 139 cm³/mol. The average Bonchev–Trinajstić information content (AvgIpc) is 3.19. The number of nitrogens with zero attached hydrogens (tertiary/aromatic N) is 8. The van der Waals surface area contributed by atoms with Gasteiger partial charge in [0.2, 0.25) is 5.95 Å². The molecule has 3 atom stereocenters. The number of hydrogen-bond donors (Lipinski definition) is 1. The van der Waals surface area contributed by atoms with Gasteiger partial charge in [0.15, 0.2) is 5.82 Å². The Kier molecular flexibility index (Phi) is 4.87. The predicted octanol–water partition coefficient (Wildman–Crippen LogP) is 4.70. The number of aromatic nitrogens is 6. The van der Waals surface area contributed by atoms with Crippen molar-refractivity contribution in [3.8, 4) is 17.6 Å². The number of rotatable bonds is 5. The molecular weight excluding hydrogens is 490 g/mol. The fourth-order valence-electron chi connectivity index (χ4n) is 5.07. The molecule has 1 saturated carbocycles. The van der Waals surface area contributed by atoms with E-state index in [4.69, 9.17) is 21.3 Å². The summed E-state index contributed by atoms with van der Waals surface area (Å²) < 4.78 is 7.97. The van der Waals surface area contributed by atoms with Crippen LogP contribution in [0.15, 0.2) is 55.2 Å². The monoisotopic (exact) mass is 509 g/mol. The van der Waals surface area contributed by atoms with Gasteiger partial charge in [0, 0.05) is 31.9 Å². The first-order chi connectivity index (χ1) is 18.1. The highest BCUT2D eigenvalue weighted by Gasteiger charge is 2.56. The molecule has 1 aliphatic heterocycles. The van der Waals surface area contributed by atoms with Crippen molar-refractivity contribution >= 4 is 51.1 Å². The molecule has 0 spiro atoms. The Balaban J connectivity index is 1.12. The molecule has 1 saturated heterocycles. The van der Waals surface area contributed by atoms with E-state index in [0.717, 1.165) is 29.8 Å². The molecule has 4 heterocycles. The Morgan fingerprint density at radius 3 is 2.73 bits per heavy atom. The van der Waals surface area contributed by atoms with Gasteiger partial charge in [-0.1, -0.05) is 11.6 Å². The van der Waals surface area contributed by atoms with Gasteiger partial charge in [0.1, 0.15) is 28.9 Å². The van der Waals surface area contributed by atoms with Crippen molar-refractivity contribution in [3.63, 3.8) is 0 Å². The largest absolute Gasteiger partial charge is 0.456 e. The molecule has 1 aliphatic carbocycles. The summed E-state index contributed by atoms with van der Waals surface area (Å²) in [5.74, 6) is 3.37. The molecule has 0 bridgehead atoms. The molecule has 7 rings (SSSR count). The maximum absolute atomic E-state index is 9.19. The summed E-state index contributed by atoms with van der Waals surface area (Å²) in [6, 6.07) is 13.6. The van der Waals surface area contributed by atoms with Gasteiger partial charge in [-0.25, -0.2) is 24.9 Å². The molecular formula is C26H20ClN9O. The first kappa shape index (κ1) is 21.8. The summed E-state index contributed by atoms with van der Waals surface area (Å²) in [7, 11) is 1.95. The summed E-state index contributed by atoms with van der Waals surface area (Å²) in [5, 5.41) is 12.9. The summed E-state index contributed by atoms with van der Waals surface area (Å²) in [6.45, 7) is 1.60. The van der Waals surface area contributed by atoms with E-state index in [-0.39, 0.29) is 5.92 Å². The van der Waals surface area contributed by atoms with Crippen LogP contribution in [-0.2, 0) is 7.05 Å². The van der Waals surface area contributed by atoms with Crippen molar-refractivity contribution in [1.29, 1.82) is 5.26 Å². The minimum absolute atomic E-state index is 0.173. The van der Waals surface area contributed by atoms with E-state index in [1.165, 1.54) is 6.33 Å². The second-order valence-corrected chi connectivity index (χ2v) is 9.80. The molecule has 11 heteroatoms. The topological polar surface area (TPSA) is 118 Å². The van der Waals surface area contributed by atoms with E-state index in [2.05, 4.69) is 36.2 Å². The zero-order chi connectivity index (χ0) is 25.1. The fraction of sp³-hybridized carbons (Fsp3) is 0.231. The molecule has 0 radical (unpaired) electrons. The van der Waals surface area contributed by atoms with Crippen molar-refractivity contribution in [2.45, 2.75) is 0 Å². The lowest BCUT2D eigenvalue weighted by molar-refractivity contribution is 0.483. The standard InChI is InChI=1S/C26H20ClN9O/c1-35-13-32-20-7-15(3-4-22(20)35)37-23-5-2-14(6-19(23)27)33-25-24-21(30-12-31-25)9-29-26(34-24)36-10-17-16(8-28)18(17)11-36/h2-7,9,12-13,16-18H,10-11H2,1H3,(H,30,31,33)/t16-,17-,18+. The number of imidazole rings is 1. The third-order valence-corrected chi connectivity index (χ3v) is 7.41. The number of fused-ring (bicyclic) bond motifs is 3. The van der Waals surface area contributed by atoms with Crippen LogP contribution in [0, 0.1) is 29.1 Å². The van der Waals surface area contributed by atoms with Crippen molar-refractivity contribution < 1.29 is 4.74 Å². The Morgan fingerprint density at radius 2 is 1.92 bits per heavy atom. The lowest BCUT2D eigenvalue weighted by atomic mass is 10.2. The Hall–Kier alpha value is -4.49. The Morgan fingerprint density at radius 1 is 1.05 bits per heavy atom. The maximum atomic E-state index is 9.19. The molecule has 182 valence electrons. The number of benzene rings is 2. The van der Waals surface area contributed by atoms with Crippen LogP contribution in [0.2, 0.25) is 5.02 Å². The Bertz CT molecular complexity index is 1720. The van der Waals surface area contributed by atoms with E-state index < -0.39 is 0 Å². The average molecular weight is 510 g/mol. The zero-order valence-corrected chi connectivity index (χ0v) is 20.5. The van der Waals surface area contributed by atoms with E-state index in [9.17, 15) is 5.26 Å². The van der Waals surface area contributed by atoms with E-state index in [1.54, 1.807) is 24.7 Å². The molecule has 2 fully saturated rings. The molecule has 0 unspecified atom stereocenters. The van der Waals surface area contributed by atoms with Crippen LogP contribution in [-0.4, -0.2) is 42.6 Å². The van der Waals surface area contributed by atoms with Crippen molar-refractivity contribution in [2.75, 3.05) is 23.3 Å². The van der Waals surface area contributed by atoms with Crippen molar-refractivity contribution in [3.05, 3.63) is 60.3 Å². The van der Waals surface area contributed by atoms with Gasteiger partial charge in [0.05, 0.1) is 40.6 Å². The number of nitriles is 1. The molecule has 3 aromatic heterocycles. The quantitative estimate of drug-likeness (QED) is 0.359. The summed E-state index contributed by atoms with van der Waals surface area (Å²) in [4.78, 5) is 24.5. The number of anilines is 3. The van der Waals surface area contributed by atoms with Crippen LogP contribution in [0.3, 0.4) is 0 Å². The van der Waals surface area contributed by atoms with Crippen LogP contribution in [0.1, 0.15) is 0 Å². The van der Waals surface area contributed by atoms with Crippen LogP contribution >= 0.6 is 11.6 Å². The third-order valence-electron chi connectivity index (χ3n) is 7.11. The normalized spacial score (nSPS) is 20.1. The SMILES string of the molecule is Cn1cnc2cc(Oc3ccc(Nc4ncnc5cnc(N6C[C@@H]7[C@@H](C#N)[C@@H]7C6)nc45)cc3Cl)ccc21. The maximum Gasteiger partial charge on any atom is 0.226 e. The first-order valence-corrected chi connectivity index (χ1v) is 12.2. The summed E-state index contributed by atoms with van der Waals surface area (Å²) in [6.07, 6.45) is 4.95. The van der Waals surface area contributed by atoms with E-state index in [1.807, 2.05) is 35.9 Å². The van der Waals surface area contributed by atoms with Crippen LogP contribution in [0.25, 0.3) is 22.1 Å². The summed E-state index contributed by atoms with van der Waals surface area (Å²) >= 11 is 6.57. The summed E-state index contributed by atoms with van der Waals surface area (Å²) in [5.41, 5.74) is 3.86. The molecule has 0 amide bonds. The van der Waals surface area contributed by atoms with E-state index in [0.29, 0.717) is 51.2 Å². The second kappa shape index (κ2) is 8.28. The van der Waals surface area contributed by atoms with Gasteiger partial charge >= 0.3 is 0 Å². The van der Waals surface area contributed by atoms with E-state index >= 15 is 0 Å². The highest BCUT2D eigenvalue weighted by atomic mass is 35.5. The number of nitrogens with one attached hydrogen (secondary N) is 1. The number of ether oxygens (including phenoxy) is 1. The van der Waals surface area contributed by atoms with Gasteiger partial charge in [-0.2, -0.15) is 5.26 Å². The molecule has 37 heavy (non-hydrogen) atoms. The third kappa shape index (κ3) is 3.75. The van der Waals surface area contributed by atoms with Crippen molar-refractivity contribution in [2.24, 2.45) is 24.8 Å². The van der Waals surface area contributed by atoms with Gasteiger partial charge in [-0.15, -0.1) is 0 Å². The van der Waals surface area contributed by atoms with Crippen molar-refractivity contribution in [1.82, 2.24) is 29.5 Å². The minimum atomic E-state index is 0.173. The number of hydrogen-bond acceptors (Lipinski definition) is 9. The molecule has 1 N–H and O–H groups in total. The lowest BCUT2D eigenvalue weighted by Crippen LogP contribution is -2.25. The molecule has 2 aromatic carbocycles. The van der Waals surface area contributed by atoms with Gasteiger partial charge in [-0.3, -0.25) is 0 Å². The smallest absolute Gasteiger partial charge is 0.226 e. The number of aryl methyl sites for hydroxylation is 1. The molecule has 10 nitrogen and oxygen atoms in total. The highest BCUT2D eigenvalue weighted by molar-refractivity contribution is 6.32. The van der Waals surface area contributed by atoms with Gasteiger partial charge in [0.25, 0.3) is 0 Å². The fourth-order valence-corrected chi connectivity index (χ4v) is 5.29. The zero-order valence-electron chi connectivity index (χ0n) is 19.7. The number of piperidine rings is 1. The highest BCUT2D eigenvalue weighted by Crippen LogP contribution is 2.51. The Labute approximate surface area is 216 Å². The lowest BCUT2D eigenvalue weighted by Gasteiger charge is -2.19. The number of halogens is 1. The molecule has 5 aromatic rings. The second-order valence-electron chi connectivity index (χ2n) is 9.39. The minimum Gasteiger partial charge on any atom is -0.456 e. The van der Waals surface area contributed by atoms with Crippen LogP contribution < -0.4 is 15.0 Å². The van der Waals surface area contributed by atoms with Crippen LogP contribution in [0.4, 0.5) is 17.5 Å². The van der Waals surface area contributed by atoms with Gasteiger partial charge < -0.3 is 19.5 Å². The molecule has 2 aliphatic rings. The van der Waals surface area contributed by atoms with Crippen LogP contribution in [0.5, 0.6) is 11.5 Å². The van der Waals surface area contributed by atoms with Gasteiger partial charge in [-0.05, 0) is 42.2 Å². The first-order valence-electron chi connectivity index (χ1n) is 11.9.